The summed E-state index contributed by atoms with van der Waals surface area (Å²) in [6.07, 6.45) is 0. The summed E-state index contributed by atoms with van der Waals surface area (Å²) in [7, 11) is 0. The Morgan fingerprint density at radius 2 is 1.42 bits per heavy atom. The maximum atomic E-state index is 6.20. The minimum absolute atomic E-state index is 0.719. The average Bonchev–Trinajstić information content (AvgIpc) is 2.61. The Bertz CT molecular complexity index is 1020. The second-order valence-corrected chi connectivity index (χ2v) is 6.54. The second kappa shape index (κ2) is 6.32. The van der Waals surface area contributed by atoms with Crippen LogP contribution < -0.4 is 0 Å². The lowest BCUT2D eigenvalue weighted by atomic mass is 9.91. The molecule has 24 heavy (non-hydrogen) atoms. The van der Waals surface area contributed by atoms with Gasteiger partial charge in [-0.05, 0) is 69.4 Å². The summed E-state index contributed by atoms with van der Waals surface area (Å²) < 4.78 is 0. The van der Waals surface area contributed by atoms with Gasteiger partial charge in [-0.25, -0.2) is 0 Å². The molecular weight excluding hydrogens is 335 g/mol. The summed E-state index contributed by atoms with van der Waals surface area (Å²) in [5.74, 6) is 0. The van der Waals surface area contributed by atoms with E-state index in [-0.39, 0.29) is 0 Å². The van der Waals surface area contributed by atoms with Crippen molar-refractivity contribution in [3.63, 3.8) is 0 Å². The summed E-state index contributed by atoms with van der Waals surface area (Å²) >= 11 is 12.2. The fraction of sp³-hybridized carbons (Fsp3) is 0. The van der Waals surface area contributed by atoms with Gasteiger partial charge in [0.15, 0.2) is 0 Å². The lowest BCUT2D eigenvalue weighted by Gasteiger charge is -2.12. The predicted octanol–water partition coefficient (Wildman–Crippen LogP) is 7.28. The minimum Gasteiger partial charge on any atom is -0.0843 e. The largest absolute Gasteiger partial charge is 0.0843 e. The zero-order chi connectivity index (χ0) is 16.5. The highest BCUT2D eigenvalue weighted by molar-refractivity contribution is 6.31. The summed E-state index contributed by atoms with van der Waals surface area (Å²) in [4.78, 5) is 0. The van der Waals surface area contributed by atoms with Crippen molar-refractivity contribution in [1.82, 2.24) is 0 Å². The molecule has 0 aromatic heterocycles. The van der Waals surface area contributed by atoms with Gasteiger partial charge in [-0.15, -0.1) is 0 Å². The molecule has 0 aliphatic rings. The number of fused-ring (bicyclic) bond motifs is 1. The van der Waals surface area contributed by atoms with Crippen LogP contribution in [-0.2, 0) is 0 Å². The van der Waals surface area contributed by atoms with Gasteiger partial charge >= 0.3 is 0 Å². The van der Waals surface area contributed by atoms with Gasteiger partial charge in [0, 0.05) is 10.0 Å². The molecule has 0 saturated carbocycles. The summed E-state index contributed by atoms with van der Waals surface area (Å²) in [5, 5.41) is 3.70. The molecule has 0 heterocycles. The van der Waals surface area contributed by atoms with Crippen LogP contribution in [0.4, 0.5) is 0 Å². The highest BCUT2D eigenvalue weighted by Gasteiger charge is 2.10. The van der Waals surface area contributed by atoms with Crippen LogP contribution in [0.2, 0.25) is 10.0 Å². The van der Waals surface area contributed by atoms with Crippen LogP contribution in [0.25, 0.3) is 33.0 Å². The molecule has 115 valence electrons. The molecule has 2 heteroatoms. The Balaban J connectivity index is 2.02. The van der Waals surface area contributed by atoms with Gasteiger partial charge < -0.3 is 0 Å². The quantitative estimate of drug-likeness (QED) is 0.357. The van der Waals surface area contributed by atoms with Gasteiger partial charge in [0.2, 0.25) is 0 Å². The van der Waals surface area contributed by atoms with Crippen molar-refractivity contribution in [2.45, 2.75) is 0 Å². The van der Waals surface area contributed by atoms with E-state index in [1.54, 1.807) is 0 Å². The van der Waals surface area contributed by atoms with E-state index in [0.717, 1.165) is 43.1 Å². The molecule has 4 aromatic rings. The molecule has 0 amide bonds. The third kappa shape index (κ3) is 2.91. The normalized spacial score (nSPS) is 10.9. The standard InChI is InChI=1S/C22H13Cl2/c23-19-10-8-15(9-11-19)21-13-16-4-1-2-5-17(16)14-22(21)18-6-3-7-20(24)12-18/h1-13H. The van der Waals surface area contributed by atoms with Gasteiger partial charge in [-0.2, -0.15) is 0 Å². The second-order valence-electron chi connectivity index (χ2n) is 5.66. The van der Waals surface area contributed by atoms with Crippen LogP contribution in [0.1, 0.15) is 0 Å². The van der Waals surface area contributed by atoms with Crippen molar-refractivity contribution >= 4 is 34.0 Å². The zero-order valence-electron chi connectivity index (χ0n) is 12.8. The van der Waals surface area contributed by atoms with Crippen molar-refractivity contribution in [3.05, 3.63) is 95.0 Å². The first-order valence-electron chi connectivity index (χ1n) is 7.68. The monoisotopic (exact) mass is 347 g/mol. The van der Waals surface area contributed by atoms with E-state index in [2.05, 4.69) is 30.3 Å². The summed E-state index contributed by atoms with van der Waals surface area (Å²) in [6.45, 7) is 0. The number of benzene rings is 4. The molecule has 4 aromatic carbocycles. The Hall–Kier alpha value is -2.28. The van der Waals surface area contributed by atoms with Crippen LogP contribution >= 0.6 is 23.2 Å². The SMILES string of the molecule is Clc1ccc(-c2cc3ccccc3[c]c2-c2cccc(Cl)c2)cc1. The molecule has 0 bridgehead atoms. The van der Waals surface area contributed by atoms with Crippen molar-refractivity contribution in [2.24, 2.45) is 0 Å². The lowest BCUT2D eigenvalue weighted by molar-refractivity contribution is 1.60. The Morgan fingerprint density at radius 1 is 0.625 bits per heavy atom. The third-order valence-electron chi connectivity index (χ3n) is 4.06. The summed E-state index contributed by atoms with van der Waals surface area (Å²) in [6, 6.07) is 29.8. The maximum Gasteiger partial charge on any atom is 0.0412 e. The fourth-order valence-corrected chi connectivity index (χ4v) is 3.21. The van der Waals surface area contributed by atoms with Gasteiger partial charge in [0.1, 0.15) is 0 Å². The van der Waals surface area contributed by atoms with E-state index >= 15 is 0 Å². The molecule has 0 N–H and O–H groups in total. The minimum atomic E-state index is 0.719. The molecule has 0 aliphatic carbocycles. The molecule has 4 rings (SSSR count). The topological polar surface area (TPSA) is 0 Å². The van der Waals surface area contributed by atoms with Gasteiger partial charge in [0.25, 0.3) is 0 Å². The molecular formula is C22H13Cl2. The average molecular weight is 348 g/mol. The molecule has 0 saturated heterocycles. The van der Waals surface area contributed by atoms with Crippen LogP contribution in [0.15, 0.2) is 78.9 Å². The molecule has 0 fully saturated rings. The van der Waals surface area contributed by atoms with E-state index in [1.165, 1.54) is 0 Å². The van der Waals surface area contributed by atoms with Crippen molar-refractivity contribution in [1.29, 1.82) is 0 Å². The molecule has 0 unspecified atom stereocenters. The van der Waals surface area contributed by atoms with E-state index in [4.69, 9.17) is 23.2 Å². The lowest BCUT2D eigenvalue weighted by Crippen LogP contribution is -1.87. The van der Waals surface area contributed by atoms with Crippen molar-refractivity contribution in [2.75, 3.05) is 0 Å². The molecule has 0 nitrogen and oxygen atoms in total. The third-order valence-corrected chi connectivity index (χ3v) is 4.55. The maximum absolute atomic E-state index is 6.20. The molecule has 0 atom stereocenters. The number of rotatable bonds is 2. The van der Waals surface area contributed by atoms with E-state index in [0.29, 0.717) is 0 Å². The Labute approximate surface area is 151 Å². The van der Waals surface area contributed by atoms with E-state index in [9.17, 15) is 0 Å². The Morgan fingerprint density at radius 3 is 2.21 bits per heavy atom. The fourth-order valence-electron chi connectivity index (χ4n) is 2.90. The van der Waals surface area contributed by atoms with Crippen LogP contribution in [0.3, 0.4) is 0 Å². The molecule has 0 aliphatic heterocycles. The van der Waals surface area contributed by atoms with Gasteiger partial charge in [-0.3, -0.25) is 0 Å². The smallest absolute Gasteiger partial charge is 0.0412 e. The van der Waals surface area contributed by atoms with Crippen LogP contribution in [-0.4, -0.2) is 0 Å². The zero-order valence-corrected chi connectivity index (χ0v) is 14.3. The molecule has 1 radical (unpaired) electrons. The van der Waals surface area contributed by atoms with Crippen molar-refractivity contribution in [3.8, 4) is 22.3 Å². The highest BCUT2D eigenvalue weighted by Crippen LogP contribution is 2.36. The number of hydrogen-bond donors (Lipinski definition) is 0. The summed E-state index contributed by atoms with van der Waals surface area (Å²) in [5.41, 5.74) is 4.32. The molecule has 0 spiro atoms. The van der Waals surface area contributed by atoms with Crippen LogP contribution in [0, 0.1) is 6.07 Å². The first-order chi connectivity index (χ1) is 11.7. The number of halogens is 2. The number of hydrogen-bond acceptors (Lipinski definition) is 0. The predicted molar refractivity (Wildman–Crippen MR) is 104 cm³/mol. The van der Waals surface area contributed by atoms with E-state index < -0.39 is 0 Å². The van der Waals surface area contributed by atoms with Gasteiger partial charge in [-0.1, -0.05) is 71.7 Å². The first kappa shape index (κ1) is 15.3. The highest BCUT2D eigenvalue weighted by atomic mass is 35.5. The van der Waals surface area contributed by atoms with Gasteiger partial charge in [0.05, 0.1) is 0 Å². The van der Waals surface area contributed by atoms with Crippen LogP contribution in [0.5, 0.6) is 0 Å². The Kier molecular flexibility index (Phi) is 4.02. The van der Waals surface area contributed by atoms with Crippen molar-refractivity contribution < 1.29 is 0 Å². The van der Waals surface area contributed by atoms with E-state index in [1.807, 2.05) is 54.6 Å². The first-order valence-corrected chi connectivity index (χ1v) is 8.43.